The molecule has 0 amide bonds. The fourth-order valence-electron chi connectivity index (χ4n) is 1.88. The van der Waals surface area contributed by atoms with E-state index in [1.54, 1.807) is 11.3 Å². The van der Waals surface area contributed by atoms with Gasteiger partial charge in [-0.1, -0.05) is 25.1 Å². The summed E-state index contributed by atoms with van der Waals surface area (Å²) in [5.41, 5.74) is 6.61. The van der Waals surface area contributed by atoms with Gasteiger partial charge in [0.15, 0.2) is 9.84 Å². The number of hydrogen-bond acceptors (Lipinski definition) is 4. The van der Waals surface area contributed by atoms with Crippen LogP contribution in [0.25, 0.3) is 10.1 Å². The summed E-state index contributed by atoms with van der Waals surface area (Å²) in [4.78, 5) is 0. The van der Waals surface area contributed by atoms with Gasteiger partial charge in [-0.15, -0.1) is 11.3 Å². The Labute approximate surface area is 112 Å². The maximum atomic E-state index is 12.0. The van der Waals surface area contributed by atoms with Crippen molar-refractivity contribution >= 4 is 31.3 Å². The van der Waals surface area contributed by atoms with Crippen molar-refractivity contribution in [2.45, 2.75) is 25.1 Å². The highest BCUT2D eigenvalue weighted by Crippen LogP contribution is 2.27. The lowest BCUT2D eigenvalue weighted by atomic mass is 10.2. The first kappa shape index (κ1) is 13.5. The van der Waals surface area contributed by atoms with Crippen molar-refractivity contribution in [3.63, 3.8) is 0 Å². The summed E-state index contributed by atoms with van der Waals surface area (Å²) < 4.78 is 25.2. The molecule has 1 atom stereocenters. The van der Waals surface area contributed by atoms with E-state index in [0.29, 0.717) is 6.42 Å². The van der Waals surface area contributed by atoms with Gasteiger partial charge in [0.2, 0.25) is 0 Å². The molecule has 0 spiro atoms. The topological polar surface area (TPSA) is 60.2 Å². The maximum absolute atomic E-state index is 12.0. The SMILES string of the molecule is CCC(N)CS(=O)(=O)Cc1csc2ccccc12. The van der Waals surface area contributed by atoms with Gasteiger partial charge in [-0.05, 0) is 28.8 Å². The molecule has 2 rings (SSSR count). The Kier molecular flexibility index (Phi) is 4.04. The van der Waals surface area contributed by atoms with Crippen LogP contribution in [-0.2, 0) is 15.6 Å². The minimum atomic E-state index is -3.13. The summed E-state index contributed by atoms with van der Waals surface area (Å²) in [7, 11) is -3.13. The zero-order valence-electron chi connectivity index (χ0n) is 10.3. The molecule has 0 saturated heterocycles. The van der Waals surface area contributed by atoms with E-state index in [4.69, 9.17) is 5.73 Å². The molecule has 3 nitrogen and oxygen atoms in total. The average Bonchev–Trinajstić information content (AvgIpc) is 2.71. The molecule has 2 aromatic rings. The Morgan fingerprint density at radius 3 is 2.78 bits per heavy atom. The van der Waals surface area contributed by atoms with E-state index in [1.165, 1.54) is 0 Å². The molecule has 1 unspecified atom stereocenters. The summed E-state index contributed by atoms with van der Waals surface area (Å²) in [6, 6.07) is 7.61. The zero-order valence-corrected chi connectivity index (χ0v) is 11.9. The van der Waals surface area contributed by atoms with Gasteiger partial charge in [-0.3, -0.25) is 0 Å². The van der Waals surface area contributed by atoms with Crippen molar-refractivity contribution < 1.29 is 8.42 Å². The first-order valence-electron chi connectivity index (χ1n) is 5.93. The lowest BCUT2D eigenvalue weighted by molar-refractivity contribution is 0.583. The minimum Gasteiger partial charge on any atom is -0.327 e. The lowest BCUT2D eigenvalue weighted by Crippen LogP contribution is -2.29. The van der Waals surface area contributed by atoms with Crippen LogP contribution >= 0.6 is 11.3 Å². The summed E-state index contributed by atoms with van der Waals surface area (Å²) in [5, 5.41) is 2.97. The van der Waals surface area contributed by atoms with E-state index in [9.17, 15) is 8.42 Å². The molecule has 1 heterocycles. The smallest absolute Gasteiger partial charge is 0.156 e. The largest absolute Gasteiger partial charge is 0.327 e. The van der Waals surface area contributed by atoms with Gasteiger partial charge in [0.1, 0.15) is 0 Å². The average molecular weight is 283 g/mol. The number of benzene rings is 1. The van der Waals surface area contributed by atoms with Gasteiger partial charge in [0, 0.05) is 10.7 Å². The predicted octanol–water partition coefficient (Wildman–Crippen LogP) is 2.55. The third-order valence-corrected chi connectivity index (χ3v) is 5.63. The zero-order chi connectivity index (χ0) is 13.2. The molecule has 0 saturated carbocycles. The van der Waals surface area contributed by atoms with E-state index in [-0.39, 0.29) is 17.5 Å². The molecule has 0 aliphatic heterocycles. The van der Waals surface area contributed by atoms with Crippen LogP contribution in [-0.4, -0.2) is 20.2 Å². The third-order valence-electron chi connectivity index (χ3n) is 2.93. The molecule has 18 heavy (non-hydrogen) atoms. The number of sulfone groups is 1. The van der Waals surface area contributed by atoms with Gasteiger partial charge in [0.05, 0.1) is 11.5 Å². The minimum absolute atomic E-state index is 0.0632. The first-order valence-corrected chi connectivity index (χ1v) is 8.63. The van der Waals surface area contributed by atoms with Crippen molar-refractivity contribution in [1.82, 2.24) is 0 Å². The van der Waals surface area contributed by atoms with E-state index in [1.807, 2.05) is 36.6 Å². The molecular formula is C13H17NO2S2. The van der Waals surface area contributed by atoms with Gasteiger partial charge < -0.3 is 5.73 Å². The summed E-state index contributed by atoms with van der Waals surface area (Å²) in [6.07, 6.45) is 0.684. The molecule has 0 bridgehead atoms. The highest BCUT2D eigenvalue weighted by molar-refractivity contribution is 7.90. The fraction of sp³-hybridized carbons (Fsp3) is 0.385. The molecule has 0 fully saturated rings. The molecule has 98 valence electrons. The molecule has 1 aromatic carbocycles. The summed E-state index contributed by atoms with van der Waals surface area (Å²) in [6.45, 7) is 1.90. The molecule has 2 N–H and O–H groups in total. The second-order valence-corrected chi connectivity index (χ2v) is 7.50. The summed E-state index contributed by atoms with van der Waals surface area (Å²) in [5.74, 6) is 0.151. The van der Waals surface area contributed by atoms with Gasteiger partial charge in [0.25, 0.3) is 0 Å². The van der Waals surface area contributed by atoms with Gasteiger partial charge in [-0.2, -0.15) is 0 Å². The highest BCUT2D eigenvalue weighted by atomic mass is 32.2. The predicted molar refractivity (Wildman–Crippen MR) is 77.6 cm³/mol. The summed E-state index contributed by atoms with van der Waals surface area (Å²) >= 11 is 1.58. The number of thiophene rings is 1. The van der Waals surface area contributed by atoms with Crippen LogP contribution in [0.4, 0.5) is 0 Å². The standard InChI is InChI=1S/C13H17NO2S2/c1-2-11(14)9-18(15,16)8-10-7-17-13-6-4-3-5-12(10)13/h3-7,11H,2,8-9,14H2,1H3. The van der Waals surface area contributed by atoms with Crippen molar-refractivity contribution in [1.29, 1.82) is 0 Å². The fourth-order valence-corrected chi connectivity index (χ4v) is 4.67. The van der Waals surface area contributed by atoms with E-state index >= 15 is 0 Å². The number of fused-ring (bicyclic) bond motifs is 1. The van der Waals surface area contributed by atoms with Crippen molar-refractivity contribution in [2.75, 3.05) is 5.75 Å². The number of nitrogens with two attached hydrogens (primary N) is 1. The molecule has 0 aliphatic carbocycles. The van der Waals surface area contributed by atoms with Crippen LogP contribution < -0.4 is 5.73 Å². The number of rotatable bonds is 5. The molecule has 5 heteroatoms. The van der Waals surface area contributed by atoms with Gasteiger partial charge >= 0.3 is 0 Å². The van der Waals surface area contributed by atoms with Crippen molar-refractivity contribution in [3.8, 4) is 0 Å². The first-order chi connectivity index (χ1) is 8.52. The van der Waals surface area contributed by atoms with Crippen LogP contribution in [0.15, 0.2) is 29.6 Å². The van der Waals surface area contributed by atoms with E-state index in [0.717, 1.165) is 15.6 Å². The van der Waals surface area contributed by atoms with Crippen LogP contribution in [0.1, 0.15) is 18.9 Å². The second-order valence-electron chi connectivity index (χ2n) is 4.48. The number of hydrogen-bond donors (Lipinski definition) is 1. The lowest BCUT2D eigenvalue weighted by Gasteiger charge is -2.09. The molecule has 0 aliphatic rings. The van der Waals surface area contributed by atoms with Crippen LogP contribution in [0.2, 0.25) is 0 Å². The second kappa shape index (κ2) is 5.38. The van der Waals surface area contributed by atoms with Gasteiger partial charge in [-0.25, -0.2) is 8.42 Å². The van der Waals surface area contributed by atoms with Crippen molar-refractivity contribution in [3.05, 3.63) is 35.2 Å². The Hall–Kier alpha value is -0.910. The molecular weight excluding hydrogens is 266 g/mol. The Morgan fingerprint density at radius 1 is 1.33 bits per heavy atom. The quantitative estimate of drug-likeness (QED) is 0.917. The molecule has 1 aromatic heterocycles. The Bertz CT molecular complexity index is 631. The Balaban J connectivity index is 2.23. The van der Waals surface area contributed by atoms with Crippen LogP contribution in [0, 0.1) is 0 Å². The molecule has 0 radical (unpaired) electrons. The maximum Gasteiger partial charge on any atom is 0.156 e. The van der Waals surface area contributed by atoms with Crippen molar-refractivity contribution in [2.24, 2.45) is 5.73 Å². The van der Waals surface area contributed by atoms with E-state index < -0.39 is 9.84 Å². The van der Waals surface area contributed by atoms with E-state index in [2.05, 4.69) is 0 Å². The Morgan fingerprint density at radius 2 is 2.06 bits per heavy atom. The highest BCUT2D eigenvalue weighted by Gasteiger charge is 2.17. The normalized spacial score (nSPS) is 13.9. The monoisotopic (exact) mass is 283 g/mol. The third kappa shape index (κ3) is 3.10. The van der Waals surface area contributed by atoms with Crippen LogP contribution in [0.3, 0.4) is 0 Å². The van der Waals surface area contributed by atoms with Crippen LogP contribution in [0.5, 0.6) is 0 Å².